The van der Waals surface area contributed by atoms with Crippen molar-refractivity contribution in [1.82, 2.24) is 4.90 Å². The third-order valence-electron chi connectivity index (χ3n) is 6.43. The molecule has 8 heteroatoms. The van der Waals surface area contributed by atoms with Crippen molar-refractivity contribution >= 4 is 10.1 Å². The van der Waals surface area contributed by atoms with Crippen LogP contribution >= 0.6 is 0 Å². The molecule has 0 aliphatic carbocycles. The Morgan fingerprint density at radius 1 is 0.618 bits per heavy atom. The highest BCUT2D eigenvalue weighted by atomic mass is 32.2. The van der Waals surface area contributed by atoms with Crippen LogP contribution in [0.3, 0.4) is 0 Å². The molecule has 7 nitrogen and oxygen atoms in total. The summed E-state index contributed by atoms with van der Waals surface area (Å²) >= 11 is 0. The molecule has 0 radical (unpaired) electrons. The van der Waals surface area contributed by atoms with Gasteiger partial charge < -0.3 is 19.2 Å². The van der Waals surface area contributed by atoms with E-state index in [2.05, 4.69) is 27.7 Å². The molecule has 0 unspecified atom stereocenters. The van der Waals surface area contributed by atoms with Crippen LogP contribution in [0.4, 0.5) is 0 Å². The lowest BCUT2D eigenvalue weighted by Crippen LogP contribution is -2.50. The lowest BCUT2D eigenvalue weighted by atomic mass is 10.1. The van der Waals surface area contributed by atoms with Crippen molar-refractivity contribution in [2.45, 2.75) is 105 Å². The topological polar surface area (TPSA) is 101 Å². The van der Waals surface area contributed by atoms with Crippen LogP contribution in [0, 0.1) is 0 Å². The van der Waals surface area contributed by atoms with Gasteiger partial charge in [0.25, 0.3) is 0 Å². The molecule has 208 valence electrons. The zero-order valence-corrected chi connectivity index (χ0v) is 23.8. The van der Waals surface area contributed by atoms with E-state index in [0.29, 0.717) is 0 Å². The maximum Gasteiger partial charge on any atom is 0.0958 e. The number of hydrogen-bond donors (Lipinski definition) is 2. The van der Waals surface area contributed by atoms with Crippen molar-refractivity contribution in [3.8, 4) is 0 Å². The molecule has 0 aromatic carbocycles. The van der Waals surface area contributed by atoms with Gasteiger partial charge >= 0.3 is 0 Å². The maximum atomic E-state index is 10.2. The van der Waals surface area contributed by atoms with E-state index in [1.165, 1.54) is 113 Å². The minimum atomic E-state index is -4.21. The van der Waals surface area contributed by atoms with Crippen molar-refractivity contribution < 1.29 is 27.7 Å². The molecular weight excluding hydrogens is 452 g/mol. The minimum absolute atomic E-state index is 0.0486. The van der Waals surface area contributed by atoms with Crippen LogP contribution in [0.5, 0.6) is 0 Å². The molecule has 2 N–H and O–H groups in total. The standard InChI is InChI=1S/C20H44N.C6H15NO5S/c1-5-9-13-17-21(18-14-10-6-2,19-15-11-7-3)20-16-12-8-4;8-4-1-7(2-5-9)3-6-13(10,11)12/h5-20H2,1-4H3;8-9H,1-6H2,(H,10,11,12)/q+1;/p-1. The molecule has 0 amide bonds. The third-order valence-corrected chi connectivity index (χ3v) is 7.12. The van der Waals surface area contributed by atoms with Gasteiger partial charge in [0.05, 0.1) is 55.3 Å². The van der Waals surface area contributed by atoms with Crippen molar-refractivity contribution in [2.24, 2.45) is 0 Å². The van der Waals surface area contributed by atoms with E-state index < -0.39 is 15.9 Å². The van der Waals surface area contributed by atoms with E-state index in [4.69, 9.17) is 10.2 Å². The molecule has 0 heterocycles. The fourth-order valence-corrected chi connectivity index (χ4v) is 4.80. The first-order valence-electron chi connectivity index (χ1n) is 14.0. The molecule has 0 atom stereocenters. The van der Waals surface area contributed by atoms with Crippen LogP contribution in [0.15, 0.2) is 0 Å². The Labute approximate surface area is 212 Å². The first kappa shape index (κ1) is 35.9. The van der Waals surface area contributed by atoms with Crippen LogP contribution in [-0.2, 0) is 10.1 Å². The number of unbranched alkanes of at least 4 members (excludes halogenated alkanes) is 8. The van der Waals surface area contributed by atoms with Crippen LogP contribution in [0.25, 0.3) is 0 Å². The summed E-state index contributed by atoms with van der Waals surface area (Å²) in [5.74, 6) is -0.493. The van der Waals surface area contributed by atoms with Gasteiger partial charge in [-0.05, 0) is 51.4 Å². The average Bonchev–Trinajstić information content (AvgIpc) is 2.78. The van der Waals surface area contributed by atoms with Gasteiger partial charge in [0.15, 0.2) is 0 Å². The zero-order valence-electron chi connectivity index (χ0n) is 23.0. The Hall–Kier alpha value is -0.250. The highest BCUT2D eigenvalue weighted by Crippen LogP contribution is 2.18. The molecule has 0 aliphatic rings. The van der Waals surface area contributed by atoms with Crippen LogP contribution in [-0.4, -0.2) is 97.3 Å². The number of hydrogen-bond acceptors (Lipinski definition) is 6. The van der Waals surface area contributed by atoms with Crippen molar-refractivity contribution in [1.29, 1.82) is 0 Å². The Morgan fingerprint density at radius 2 is 0.941 bits per heavy atom. The molecule has 34 heavy (non-hydrogen) atoms. The molecule has 0 aromatic heterocycles. The second-order valence-corrected chi connectivity index (χ2v) is 11.1. The van der Waals surface area contributed by atoms with Gasteiger partial charge in [0, 0.05) is 19.6 Å². The van der Waals surface area contributed by atoms with Crippen LogP contribution < -0.4 is 0 Å². The smallest absolute Gasteiger partial charge is 0.0958 e. The fraction of sp³-hybridized carbons (Fsp3) is 1.00. The summed E-state index contributed by atoms with van der Waals surface area (Å²) in [6.45, 7) is 15.4. The zero-order chi connectivity index (χ0) is 26.1. The minimum Gasteiger partial charge on any atom is -0.748 e. The summed E-state index contributed by atoms with van der Waals surface area (Å²) in [6, 6.07) is 0. The van der Waals surface area contributed by atoms with Crippen molar-refractivity contribution in [2.75, 3.05) is 64.8 Å². The van der Waals surface area contributed by atoms with Gasteiger partial charge in [-0.15, -0.1) is 0 Å². The van der Waals surface area contributed by atoms with Gasteiger partial charge in [-0.3, -0.25) is 4.90 Å². The van der Waals surface area contributed by atoms with Crippen LogP contribution in [0.1, 0.15) is 105 Å². The molecule has 0 fully saturated rings. The maximum absolute atomic E-state index is 10.2. The van der Waals surface area contributed by atoms with E-state index in [-0.39, 0.29) is 32.8 Å². The Balaban J connectivity index is 0. The summed E-state index contributed by atoms with van der Waals surface area (Å²) in [4.78, 5) is 1.51. The second kappa shape index (κ2) is 24.4. The molecule has 0 spiro atoms. The normalized spacial score (nSPS) is 12.1. The number of rotatable bonds is 23. The molecule has 0 aromatic rings. The SMILES string of the molecule is CCCCC[N+](CCCCC)(CCCCC)CCCCC.O=S(=O)([O-])CCN(CCO)CCO. The van der Waals surface area contributed by atoms with Crippen LogP contribution in [0.2, 0.25) is 0 Å². The summed E-state index contributed by atoms with van der Waals surface area (Å²) in [5.41, 5.74) is 0. The monoisotopic (exact) mass is 510 g/mol. The highest BCUT2D eigenvalue weighted by molar-refractivity contribution is 7.85. The third kappa shape index (κ3) is 23.5. The summed E-state index contributed by atoms with van der Waals surface area (Å²) in [6.07, 6.45) is 16.9. The fourth-order valence-electron chi connectivity index (χ4n) is 4.32. The largest absolute Gasteiger partial charge is 0.748 e. The van der Waals surface area contributed by atoms with E-state index in [1.54, 1.807) is 0 Å². The van der Waals surface area contributed by atoms with E-state index in [9.17, 15) is 13.0 Å². The second-order valence-electron chi connectivity index (χ2n) is 9.62. The van der Waals surface area contributed by atoms with Gasteiger partial charge in [0.1, 0.15) is 0 Å². The number of aliphatic hydroxyl groups is 2. The molecule has 0 rings (SSSR count). The Bertz CT molecular complexity index is 466. The predicted molar refractivity (Wildman–Crippen MR) is 143 cm³/mol. The number of quaternary nitrogens is 1. The van der Waals surface area contributed by atoms with Gasteiger partial charge in [0.2, 0.25) is 0 Å². The van der Waals surface area contributed by atoms with E-state index >= 15 is 0 Å². The Kier molecular flexibility index (Phi) is 25.8. The molecule has 0 saturated heterocycles. The van der Waals surface area contributed by atoms with Gasteiger partial charge in [-0.2, -0.15) is 0 Å². The van der Waals surface area contributed by atoms with Crippen molar-refractivity contribution in [3.63, 3.8) is 0 Å². The number of aliphatic hydroxyl groups excluding tert-OH is 2. The molecule has 0 aliphatic heterocycles. The molecule has 0 bridgehead atoms. The average molecular weight is 511 g/mol. The van der Waals surface area contributed by atoms with E-state index in [0.717, 1.165) is 0 Å². The summed E-state index contributed by atoms with van der Waals surface area (Å²) < 4.78 is 32.2. The predicted octanol–water partition coefficient (Wildman–Crippen LogP) is 4.38. The summed E-state index contributed by atoms with van der Waals surface area (Å²) in [5, 5.41) is 17.1. The first-order chi connectivity index (χ1) is 16.2. The lowest BCUT2D eigenvalue weighted by Gasteiger charge is -2.39. The van der Waals surface area contributed by atoms with E-state index in [1.807, 2.05) is 0 Å². The quantitative estimate of drug-likeness (QED) is 0.120. The Morgan fingerprint density at radius 3 is 1.18 bits per heavy atom. The lowest BCUT2D eigenvalue weighted by molar-refractivity contribution is -0.929. The van der Waals surface area contributed by atoms with Crippen molar-refractivity contribution in [3.05, 3.63) is 0 Å². The molecule has 0 saturated carbocycles. The first-order valence-corrected chi connectivity index (χ1v) is 15.5. The summed E-state index contributed by atoms with van der Waals surface area (Å²) in [7, 11) is -4.21. The highest BCUT2D eigenvalue weighted by Gasteiger charge is 2.25. The number of nitrogens with zero attached hydrogens (tertiary/aromatic N) is 2. The van der Waals surface area contributed by atoms with Gasteiger partial charge in [-0.1, -0.05) is 53.4 Å². The molecular formula is C26H58N2O5S. The van der Waals surface area contributed by atoms with Gasteiger partial charge in [-0.25, -0.2) is 8.42 Å².